The number of benzene rings is 1. The molecule has 1 heterocycles. The molecular formula is C16H19FN2O2S. The Morgan fingerprint density at radius 2 is 2.23 bits per heavy atom. The molecule has 0 fully saturated rings. The molecule has 6 heteroatoms. The average Bonchev–Trinajstić information content (AvgIpc) is 2.94. The Balaban J connectivity index is 2.23. The average molecular weight is 322 g/mol. The zero-order chi connectivity index (χ0) is 16.3. The Bertz CT molecular complexity index is 672. The van der Waals surface area contributed by atoms with Gasteiger partial charge >= 0.3 is 0 Å². The summed E-state index contributed by atoms with van der Waals surface area (Å²) >= 11 is 1.53. The highest BCUT2D eigenvalue weighted by molar-refractivity contribution is 7.09. The maximum atomic E-state index is 13.9. The molecule has 0 amide bonds. The lowest BCUT2D eigenvalue weighted by Crippen LogP contribution is -2.20. The first-order valence-corrected chi connectivity index (χ1v) is 7.79. The van der Waals surface area contributed by atoms with E-state index in [1.54, 1.807) is 19.2 Å². The molecule has 0 saturated carbocycles. The van der Waals surface area contributed by atoms with Crippen LogP contribution in [-0.4, -0.2) is 24.9 Å². The second kappa shape index (κ2) is 6.98. The molecule has 1 aromatic carbocycles. The molecule has 0 aliphatic rings. The van der Waals surface area contributed by atoms with E-state index in [0.29, 0.717) is 12.2 Å². The maximum Gasteiger partial charge on any atom is 0.164 e. The van der Waals surface area contributed by atoms with Gasteiger partial charge < -0.3 is 9.64 Å². The number of carbonyl (C=O) groups excluding carboxylic acids is 1. The zero-order valence-electron chi connectivity index (χ0n) is 13.1. The van der Waals surface area contributed by atoms with Crippen molar-refractivity contribution in [3.05, 3.63) is 45.7 Å². The van der Waals surface area contributed by atoms with E-state index in [2.05, 4.69) is 4.98 Å². The van der Waals surface area contributed by atoms with Gasteiger partial charge in [0.1, 0.15) is 16.9 Å². The lowest BCUT2D eigenvalue weighted by molar-refractivity contribution is 0.101. The number of methoxy groups -OCH3 is 1. The quantitative estimate of drug-likeness (QED) is 0.758. The van der Waals surface area contributed by atoms with Gasteiger partial charge in [-0.25, -0.2) is 9.37 Å². The number of aromatic nitrogens is 1. The van der Waals surface area contributed by atoms with Crippen LogP contribution in [0.2, 0.25) is 0 Å². The first kappa shape index (κ1) is 16.6. The Hall–Kier alpha value is -1.79. The number of carbonyl (C=O) groups is 1. The van der Waals surface area contributed by atoms with E-state index in [1.807, 2.05) is 24.3 Å². The van der Waals surface area contributed by atoms with Gasteiger partial charge in [0.05, 0.1) is 23.5 Å². The van der Waals surface area contributed by atoms with Gasteiger partial charge in [-0.1, -0.05) is 6.07 Å². The first-order valence-electron chi connectivity index (χ1n) is 6.91. The number of Topliss-reactive ketones (excluding diaryl/α,β-unsaturated/α-hetero) is 1. The number of thiazole rings is 1. The number of halogens is 1. The van der Waals surface area contributed by atoms with Crippen molar-refractivity contribution in [3.63, 3.8) is 0 Å². The number of ketones is 1. The molecule has 1 atom stereocenters. The summed E-state index contributed by atoms with van der Waals surface area (Å²) in [6, 6.07) is 4.65. The highest BCUT2D eigenvalue weighted by Gasteiger charge is 2.17. The Kier molecular flexibility index (Phi) is 5.26. The molecule has 0 radical (unpaired) electrons. The molecule has 22 heavy (non-hydrogen) atoms. The fraction of sp³-hybridized carbons (Fsp3) is 0.375. The number of rotatable bonds is 6. The van der Waals surface area contributed by atoms with Gasteiger partial charge in [-0.3, -0.25) is 4.79 Å². The molecule has 1 aromatic heterocycles. The molecule has 1 unspecified atom stereocenters. The summed E-state index contributed by atoms with van der Waals surface area (Å²) in [7, 11) is 3.46. The van der Waals surface area contributed by atoms with Crippen LogP contribution < -0.4 is 4.90 Å². The van der Waals surface area contributed by atoms with Gasteiger partial charge in [-0.15, -0.1) is 11.3 Å². The van der Waals surface area contributed by atoms with Gasteiger partial charge in [0.15, 0.2) is 5.78 Å². The minimum absolute atomic E-state index is 0.0500. The topological polar surface area (TPSA) is 42.4 Å². The van der Waals surface area contributed by atoms with E-state index in [4.69, 9.17) is 4.74 Å². The van der Waals surface area contributed by atoms with Gasteiger partial charge in [0.25, 0.3) is 0 Å². The van der Waals surface area contributed by atoms with E-state index in [9.17, 15) is 9.18 Å². The van der Waals surface area contributed by atoms with Crippen molar-refractivity contribution in [2.75, 3.05) is 19.1 Å². The summed E-state index contributed by atoms with van der Waals surface area (Å²) in [5, 5.41) is 2.85. The molecule has 2 aromatic rings. The summed E-state index contributed by atoms with van der Waals surface area (Å²) in [6.07, 6.45) is -0.0500. The summed E-state index contributed by atoms with van der Waals surface area (Å²) in [6.45, 7) is 3.81. The van der Waals surface area contributed by atoms with Crippen molar-refractivity contribution in [3.8, 4) is 0 Å². The van der Waals surface area contributed by atoms with Crippen molar-refractivity contribution in [1.29, 1.82) is 0 Å². The van der Waals surface area contributed by atoms with Crippen LogP contribution in [0, 0.1) is 5.82 Å². The monoisotopic (exact) mass is 322 g/mol. The first-order chi connectivity index (χ1) is 10.4. The summed E-state index contributed by atoms with van der Waals surface area (Å²) in [5.74, 6) is -0.782. The highest BCUT2D eigenvalue weighted by atomic mass is 32.1. The van der Waals surface area contributed by atoms with Gasteiger partial charge in [-0.05, 0) is 26.0 Å². The van der Waals surface area contributed by atoms with Crippen LogP contribution in [0.3, 0.4) is 0 Å². The predicted molar refractivity (Wildman–Crippen MR) is 86.0 cm³/mol. The van der Waals surface area contributed by atoms with E-state index >= 15 is 0 Å². The number of hydrogen-bond donors (Lipinski definition) is 0. The molecule has 0 spiro atoms. The standard InChI is InChI=1S/C16H19FN2O2S/c1-10(20)15-13(17)6-5-7-14(15)19(3)8-12-9-22-16(18-12)11(2)21-4/h5-7,9,11H,8H2,1-4H3. The third-order valence-electron chi connectivity index (χ3n) is 3.42. The Morgan fingerprint density at radius 3 is 2.86 bits per heavy atom. The van der Waals surface area contributed by atoms with Crippen molar-refractivity contribution in [1.82, 2.24) is 4.98 Å². The second-order valence-corrected chi connectivity index (χ2v) is 5.99. The minimum atomic E-state index is -0.496. The third kappa shape index (κ3) is 3.51. The lowest BCUT2D eigenvalue weighted by Gasteiger charge is -2.21. The SMILES string of the molecule is COC(C)c1nc(CN(C)c2cccc(F)c2C(C)=O)cs1. The molecule has 0 N–H and O–H groups in total. The highest BCUT2D eigenvalue weighted by Crippen LogP contribution is 2.26. The normalized spacial score (nSPS) is 12.2. The second-order valence-electron chi connectivity index (χ2n) is 5.10. The molecule has 118 valence electrons. The summed E-state index contributed by atoms with van der Waals surface area (Å²) in [4.78, 5) is 18.0. The molecule has 0 bridgehead atoms. The lowest BCUT2D eigenvalue weighted by atomic mass is 10.1. The Morgan fingerprint density at radius 1 is 1.50 bits per heavy atom. The maximum absolute atomic E-state index is 13.9. The van der Waals surface area contributed by atoms with Gasteiger partial charge in [0, 0.05) is 19.5 Å². The van der Waals surface area contributed by atoms with Gasteiger partial charge in [0.2, 0.25) is 0 Å². The van der Waals surface area contributed by atoms with Crippen molar-refractivity contribution < 1.29 is 13.9 Å². The molecule has 0 aliphatic heterocycles. The molecule has 0 aliphatic carbocycles. The van der Waals surface area contributed by atoms with E-state index in [1.165, 1.54) is 24.3 Å². The Labute approximate surface area is 133 Å². The molecule has 4 nitrogen and oxygen atoms in total. The van der Waals surface area contributed by atoms with Crippen molar-refractivity contribution in [2.24, 2.45) is 0 Å². The minimum Gasteiger partial charge on any atom is -0.375 e. The van der Waals surface area contributed by atoms with E-state index in [-0.39, 0.29) is 17.5 Å². The van der Waals surface area contributed by atoms with Crippen LogP contribution in [0.25, 0.3) is 0 Å². The van der Waals surface area contributed by atoms with E-state index < -0.39 is 5.82 Å². The molecule has 2 rings (SSSR count). The van der Waals surface area contributed by atoms with Crippen LogP contribution >= 0.6 is 11.3 Å². The predicted octanol–water partition coefficient (Wildman–Crippen LogP) is 3.83. The van der Waals surface area contributed by atoms with E-state index in [0.717, 1.165) is 10.7 Å². The number of anilines is 1. The van der Waals surface area contributed by atoms with Crippen LogP contribution in [0.1, 0.15) is 41.0 Å². The van der Waals surface area contributed by atoms with Crippen LogP contribution in [0.5, 0.6) is 0 Å². The van der Waals surface area contributed by atoms with Crippen molar-refractivity contribution >= 4 is 22.8 Å². The smallest absolute Gasteiger partial charge is 0.164 e. The summed E-state index contributed by atoms with van der Waals surface area (Å²) < 4.78 is 19.1. The summed E-state index contributed by atoms with van der Waals surface area (Å²) in [5.41, 5.74) is 1.55. The van der Waals surface area contributed by atoms with Crippen molar-refractivity contribution in [2.45, 2.75) is 26.5 Å². The number of hydrogen-bond acceptors (Lipinski definition) is 5. The third-order valence-corrected chi connectivity index (χ3v) is 4.48. The number of nitrogens with zero attached hydrogens (tertiary/aromatic N) is 2. The van der Waals surface area contributed by atoms with Crippen LogP contribution in [-0.2, 0) is 11.3 Å². The van der Waals surface area contributed by atoms with Crippen LogP contribution in [0.15, 0.2) is 23.6 Å². The fourth-order valence-corrected chi connectivity index (χ4v) is 3.03. The zero-order valence-corrected chi connectivity index (χ0v) is 13.9. The largest absolute Gasteiger partial charge is 0.375 e. The molecular weight excluding hydrogens is 303 g/mol. The fourth-order valence-electron chi connectivity index (χ4n) is 2.19. The van der Waals surface area contributed by atoms with Gasteiger partial charge in [-0.2, -0.15) is 0 Å². The molecule has 0 saturated heterocycles. The van der Waals surface area contributed by atoms with Crippen LogP contribution in [0.4, 0.5) is 10.1 Å². The number of ether oxygens (including phenoxy) is 1.